The van der Waals surface area contributed by atoms with Crippen molar-refractivity contribution in [2.75, 3.05) is 11.5 Å². The third-order valence-electron chi connectivity index (χ3n) is 3.91. The number of benzene rings is 1. The molecule has 0 bridgehead atoms. The van der Waals surface area contributed by atoms with Crippen molar-refractivity contribution in [1.29, 1.82) is 0 Å². The number of rotatable bonds is 1. The number of hydrogen-bond acceptors (Lipinski definition) is 4. The molecule has 1 amide bonds. The minimum absolute atomic E-state index is 0.0679. The Kier molecular flexibility index (Phi) is 3.11. The fourth-order valence-electron chi connectivity index (χ4n) is 2.90. The Balaban J connectivity index is 1.97. The first-order chi connectivity index (χ1) is 9.15. The van der Waals surface area contributed by atoms with E-state index in [1.54, 1.807) is 36.0 Å². The van der Waals surface area contributed by atoms with Crippen LogP contribution >= 0.6 is 11.8 Å². The molecule has 1 spiro atoms. The summed E-state index contributed by atoms with van der Waals surface area (Å²) in [6, 6.07) is 8.84. The number of likely N-dealkylation sites (tertiary alicyclic amines) is 1. The summed E-state index contributed by atoms with van der Waals surface area (Å²) in [7, 11) is 0. The van der Waals surface area contributed by atoms with Crippen LogP contribution in [-0.2, 0) is 4.79 Å². The van der Waals surface area contributed by atoms with Gasteiger partial charge in [-0.1, -0.05) is 18.2 Å². The third-order valence-corrected chi connectivity index (χ3v) is 5.06. The molecule has 100 valence electrons. The maximum atomic E-state index is 12.6. The number of Topliss-reactive ketones (excluding diaryl/α,β-unsaturated/α-hetero) is 1. The highest BCUT2D eigenvalue weighted by Crippen LogP contribution is 2.42. The molecule has 0 aliphatic carbocycles. The van der Waals surface area contributed by atoms with Crippen LogP contribution in [0.25, 0.3) is 0 Å². The number of amides is 1. The average molecular weight is 277 g/mol. The second-order valence-corrected chi connectivity index (χ2v) is 5.99. The van der Waals surface area contributed by atoms with Gasteiger partial charge in [0.1, 0.15) is 11.8 Å². The fraction of sp³-hybridized carbons (Fsp3) is 0.429. The van der Waals surface area contributed by atoms with Gasteiger partial charge in [0.2, 0.25) is 0 Å². The number of thioether (sulfide) groups is 1. The van der Waals surface area contributed by atoms with E-state index in [1.807, 2.05) is 6.07 Å². The molecule has 2 aliphatic heterocycles. The van der Waals surface area contributed by atoms with E-state index in [0.717, 1.165) is 0 Å². The van der Waals surface area contributed by atoms with E-state index in [0.29, 0.717) is 29.9 Å². The molecule has 1 aromatic carbocycles. The van der Waals surface area contributed by atoms with Crippen LogP contribution in [0, 0.1) is 0 Å². The fourth-order valence-corrected chi connectivity index (χ4v) is 4.23. The summed E-state index contributed by atoms with van der Waals surface area (Å²) in [5.74, 6) is 0.854. The van der Waals surface area contributed by atoms with Crippen molar-refractivity contribution in [3.05, 3.63) is 35.9 Å². The van der Waals surface area contributed by atoms with Crippen molar-refractivity contribution in [3.63, 3.8) is 0 Å². The zero-order valence-corrected chi connectivity index (χ0v) is 11.2. The molecule has 2 atom stereocenters. The smallest absolute Gasteiger partial charge is 0.256 e. The predicted octanol–water partition coefficient (Wildman–Crippen LogP) is 1.30. The SMILES string of the molecule is O=C(c1ccccc1)N1[C@@H](O)CC[C@@]12CSCC2=O. The van der Waals surface area contributed by atoms with Crippen molar-refractivity contribution in [3.8, 4) is 0 Å². The van der Waals surface area contributed by atoms with Gasteiger partial charge in [0.05, 0.1) is 5.75 Å². The lowest BCUT2D eigenvalue weighted by Crippen LogP contribution is -2.55. The van der Waals surface area contributed by atoms with Crippen molar-refractivity contribution in [2.45, 2.75) is 24.6 Å². The van der Waals surface area contributed by atoms with Crippen molar-refractivity contribution in [2.24, 2.45) is 0 Å². The van der Waals surface area contributed by atoms with Gasteiger partial charge >= 0.3 is 0 Å². The highest BCUT2D eigenvalue weighted by Gasteiger charge is 2.55. The Hall–Kier alpha value is -1.33. The van der Waals surface area contributed by atoms with Gasteiger partial charge < -0.3 is 5.11 Å². The van der Waals surface area contributed by atoms with Crippen LogP contribution in [0.5, 0.6) is 0 Å². The number of aliphatic hydroxyl groups excluding tert-OH is 1. The lowest BCUT2D eigenvalue weighted by atomic mass is 9.93. The van der Waals surface area contributed by atoms with Crippen LogP contribution in [0.15, 0.2) is 30.3 Å². The van der Waals surface area contributed by atoms with E-state index in [-0.39, 0.29) is 11.7 Å². The monoisotopic (exact) mass is 277 g/mol. The van der Waals surface area contributed by atoms with Crippen LogP contribution in [0.3, 0.4) is 0 Å². The average Bonchev–Trinajstić information content (AvgIpc) is 2.96. The molecule has 2 aliphatic rings. The Morgan fingerprint density at radius 2 is 2.11 bits per heavy atom. The molecule has 2 fully saturated rings. The summed E-state index contributed by atoms with van der Waals surface area (Å²) >= 11 is 1.54. The first kappa shape index (κ1) is 12.7. The number of hydrogen-bond donors (Lipinski definition) is 1. The molecule has 0 radical (unpaired) electrons. The van der Waals surface area contributed by atoms with Crippen molar-refractivity contribution >= 4 is 23.5 Å². The highest BCUT2D eigenvalue weighted by atomic mass is 32.2. The van der Waals surface area contributed by atoms with Crippen LogP contribution in [0.2, 0.25) is 0 Å². The van der Waals surface area contributed by atoms with Gasteiger partial charge in [-0.05, 0) is 25.0 Å². The summed E-state index contributed by atoms with van der Waals surface area (Å²) in [6.07, 6.45) is 0.194. The molecular weight excluding hydrogens is 262 g/mol. The number of nitrogens with zero attached hydrogens (tertiary/aromatic N) is 1. The molecule has 0 saturated carbocycles. The van der Waals surface area contributed by atoms with Crippen LogP contribution in [-0.4, -0.2) is 45.0 Å². The lowest BCUT2D eigenvalue weighted by molar-refractivity contribution is -0.126. The van der Waals surface area contributed by atoms with Gasteiger partial charge in [0.25, 0.3) is 5.91 Å². The zero-order chi connectivity index (χ0) is 13.5. The van der Waals surface area contributed by atoms with Gasteiger partial charge in [-0.3, -0.25) is 14.5 Å². The molecule has 0 aromatic heterocycles. The second-order valence-electron chi connectivity index (χ2n) is 5.01. The van der Waals surface area contributed by atoms with E-state index >= 15 is 0 Å². The molecule has 1 aromatic rings. The lowest BCUT2D eigenvalue weighted by Gasteiger charge is -2.34. The Labute approximate surface area is 115 Å². The predicted molar refractivity (Wildman–Crippen MR) is 72.9 cm³/mol. The quantitative estimate of drug-likeness (QED) is 0.840. The summed E-state index contributed by atoms with van der Waals surface area (Å²) < 4.78 is 0. The molecule has 3 rings (SSSR count). The molecule has 5 heteroatoms. The third kappa shape index (κ3) is 1.88. The summed E-state index contributed by atoms with van der Waals surface area (Å²) in [6.45, 7) is 0. The molecule has 1 N–H and O–H groups in total. The Bertz CT molecular complexity index is 519. The number of carbonyl (C=O) groups is 2. The van der Waals surface area contributed by atoms with E-state index in [2.05, 4.69) is 0 Å². The Morgan fingerprint density at radius 3 is 2.74 bits per heavy atom. The van der Waals surface area contributed by atoms with Gasteiger partial charge in [0, 0.05) is 11.3 Å². The van der Waals surface area contributed by atoms with Gasteiger partial charge in [0.15, 0.2) is 5.78 Å². The number of ketones is 1. The Morgan fingerprint density at radius 1 is 1.37 bits per heavy atom. The molecule has 4 nitrogen and oxygen atoms in total. The van der Waals surface area contributed by atoms with Crippen molar-refractivity contribution in [1.82, 2.24) is 4.90 Å². The normalized spacial score (nSPS) is 30.3. The molecule has 2 saturated heterocycles. The topological polar surface area (TPSA) is 57.6 Å². The first-order valence-electron chi connectivity index (χ1n) is 6.33. The largest absolute Gasteiger partial charge is 0.373 e. The van der Waals surface area contributed by atoms with Gasteiger partial charge in [-0.25, -0.2) is 0 Å². The molecule has 0 unspecified atom stereocenters. The van der Waals surface area contributed by atoms with Gasteiger partial charge in [-0.2, -0.15) is 11.8 Å². The summed E-state index contributed by atoms with van der Waals surface area (Å²) in [4.78, 5) is 26.1. The molecule has 19 heavy (non-hydrogen) atoms. The van der Waals surface area contributed by atoms with Crippen LogP contribution in [0.4, 0.5) is 0 Å². The number of aliphatic hydroxyl groups is 1. The van der Waals surface area contributed by atoms with E-state index in [1.165, 1.54) is 4.90 Å². The van der Waals surface area contributed by atoms with E-state index in [4.69, 9.17) is 0 Å². The molecular formula is C14H15NO3S. The maximum absolute atomic E-state index is 12.6. The van der Waals surface area contributed by atoms with E-state index < -0.39 is 11.8 Å². The van der Waals surface area contributed by atoms with E-state index in [9.17, 15) is 14.7 Å². The first-order valence-corrected chi connectivity index (χ1v) is 7.48. The minimum atomic E-state index is -0.852. The second kappa shape index (κ2) is 4.65. The maximum Gasteiger partial charge on any atom is 0.256 e. The summed E-state index contributed by atoms with van der Waals surface area (Å²) in [5, 5.41) is 10.1. The van der Waals surface area contributed by atoms with Crippen LogP contribution in [0.1, 0.15) is 23.2 Å². The highest BCUT2D eigenvalue weighted by molar-refractivity contribution is 8.00. The van der Waals surface area contributed by atoms with Crippen molar-refractivity contribution < 1.29 is 14.7 Å². The van der Waals surface area contributed by atoms with Crippen LogP contribution < -0.4 is 0 Å². The van der Waals surface area contributed by atoms with Gasteiger partial charge in [-0.15, -0.1) is 0 Å². The number of carbonyl (C=O) groups excluding carboxylic acids is 2. The molecule has 2 heterocycles. The summed E-state index contributed by atoms with van der Waals surface area (Å²) in [5.41, 5.74) is -0.260. The minimum Gasteiger partial charge on any atom is -0.373 e. The zero-order valence-electron chi connectivity index (χ0n) is 10.4. The standard InChI is InChI=1S/C14H15NO3S/c16-11-8-19-9-14(11)7-6-12(17)15(14)13(18)10-4-2-1-3-5-10/h1-5,12,17H,6-9H2/t12-,14-/m0/s1.